The minimum atomic E-state index is -1.00. The third-order valence-electron chi connectivity index (χ3n) is 26.3. The van der Waals surface area contributed by atoms with Gasteiger partial charge in [-0.25, -0.2) is 14.0 Å². The summed E-state index contributed by atoms with van der Waals surface area (Å²) in [4.78, 5) is 0. The van der Waals surface area contributed by atoms with Gasteiger partial charge in [0.1, 0.15) is 71.0 Å². The van der Waals surface area contributed by atoms with Crippen LogP contribution in [0.25, 0.3) is 0 Å². The third-order valence-corrected chi connectivity index (χ3v) is 26.3. The van der Waals surface area contributed by atoms with Gasteiger partial charge in [0.2, 0.25) is 0 Å². The van der Waals surface area contributed by atoms with Gasteiger partial charge in [-0.1, -0.05) is 90.6 Å². The van der Waals surface area contributed by atoms with Crippen molar-refractivity contribution in [3.63, 3.8) is 0 Å². The van der Waals surface area contributed by atoms with Gasteiger partial charge in [0.15, 0.2) is 0 Å². The second-order valence-corrected chi connectivity index (χ2v) is 30.6. The summed E-state index contributed by atoms with van der Waals surface area (Å²) >= 11 is 0. The van der Waals surface area contributed by atoms with Crippen LogP contribution in [0.3, 0.4) is 0 Å². The molecule has 9 aliphatic carbocycles. The lowest BCUT2D eigenvalue weighted by atomic mass is 9.53. The molecule has 0 saturated heterocycles. The van der Waals surface area contributed by atoms with Crippen LogP contribution in [0.5, 0.6) is 17.2 Å². The first kappa shape index (κ1) is 60.2. The fourth-order valence-corrected chi connectivity index (χ4v) is 21.3. The number of hydrogen-bond donors (Lipinski definition) is 3. The molecule has 0 aliphatic heterocycles. The maximum absolute atomic E-state index is 11.4. The van der Waals surface area contributed by atoms with E-state index in [1.807, 2.05) is 32.6 Å². The van der Waals surface area contributed by atoms with Crippen LogP contribution in [0.15, 0.2) is 91.4 Å². The number of nitrogens with zero attached hydrogens (tertiary/aromatic N) is 9. The molecular formula is C78H87N9O6. The SMILES string of the molecule is C#C[C@]1(O)CC[C@H]2[C@@H]3CCc4cc(OCc5cn(Cc6cc(Cn7cc(COc8ccc9c(c8)CC[C@@H]8[C@@H]9CC[C@@]9(C)[C@H]8CC[C@@]9(O)C#C)nn7)cc(Cn7cc(COc8ccc9c(c8)CC[C@@H]8[C@@H]9CC[C@@]9(C)[C@H]8CC[C@@]9(O)C#C)nn7)c6)nn5)ccc4[C@H]3CC[C@@]21C. The number of benzene rings is 4. The summed E-state index contributed by atoms with van der Waals surface area (Å²) < 4.78 is 24.9. The summed E-state index contributed by atoms with van der Waals surface area (Å²) in [5.74, 6) is 15.3. The summed E-state index contributed by atoms with van der Waals surface area (Å²) in [6, 6.07) is 26.4. The van der Waals surface area contributed by atoms with E-state index in [-0.39, 0.29) is 16.2 Å². The van der Waals surface area contributed by atoms with Crippen LogP contribution in [0, 0.1) is 88.8 Å². The zero-order valence-corrected chi connectivity index (χ0v) is 54.2. The summed E-state index contributed by atoms with van der Waals surface area (Å²) in [5.41, 5.74) is 10.1. The van der Waals surface area contributed by atoms with Crippen LogP contribution in [0.2, 0.25) is 0 Å². The molecule has 3 N–H and O–H groups in total. The van der Waals surface area contributed by atoms with E-state index < -0.39 is 16.8 Å². The molecule has 480 valence electrons. The smallest absolute Gasteiger partial charge is 0.134 e. The van der Waals surface area contributed by atoms with Gasteiger partial charge in [0.05, 0.1) is 38.2 Å². The Morgan fingerprint density at radius 3 is 1.01 bits per heavy atom. The summed E-state index contributed by atoms with van der Waals surface area (Å²) in [7, 11) is 0. The number of aromatic nitrogens is 9. The van der Waals surface area contributed by atoms with Crippen molar-refractivity contribution in [2.75, 3.05) is 0 Å². The van der Waals surface area contributed by atoms with Gasteiger partial charge >= 0.3 is 0 Å². The van der Waals surface area contributed by atoms with Crippen LogP contribution in [0.4, 0.5) is 0 Å². The molecule has 16 rings (SSSR count). The number of aryl methyl sites for hydroxylation is 3. The first-order chi connectivity index (χ1) is 45.0. The Bertz CT molecular complexity index is 3760. The number of hydrogen-bond acceptors (Lipinski definition) is 12. The lowest BCUT2D eigenvalue weighted by molar-refractivity contribution is -0.0647. The Morgan fingerprint density at radius 1 is 0.419 bits per heavy atom. The molecular weight excluding hydrogens is 1160 g/mol. The number of fused-ring (bicyclic) bond motifs is 15. The zero-order chi connectivity index (χ0) is 63.7. The van der Waals surface area contributed by atoms with Crippen molar-refractivity contribution in [1.29, 1.82) is 0 Å². The van der Waals surface area contributed by atoms with Crippen LogP contribution >= 0.6 is 0 Å². The number of aliphatic hydroxyl groups is 3. The zero-order valence-electron chi connectivity index (χ0n) is 54.2. The topological polar surface area (TPSA) is 181 Å². The van der Waals surface area contributed by atoms with Crippen molar-refractivity contribution in [1.82, 2.24) is 45.0 Å². The van der Waals surface area contributed by atoms with E-state index >= 15 is 0 Å². The molecule has 3 heterocycles. The van der Waals surface area contributed by atoms with Crippen LogP contribution in [0.1, 0.15) is 202 Å². The van der Waals surface area contributed by atoms with E-state index in [0.29, 0.717) is 112 Å². The molecule has 15 nitrogen and oxygen atoms in total. The Hall–Kier alpha value is -7.74. The Morgan fingerprint density at radius 2 is 0.720 bits per heavy atom. The average Bonchev–Trinajstić information content (AvgIpc) is 1.64. The van der Waals surface area contributed by atoms with Gasteiger partial charge in [-0.3, -0.25) is 0 Å². The number of rotatable bonds is 15. The van der Waals surface area contributed by atoms with Crippen LogP contribution < -0.4 is 14.2 Å². The Labute approximate surface area is 546 Å². The number of ether oxygens (including phenoxy) is 3. The molecule has 0 amide bonds. The van der Waals surface area contributed by atoms with Crippen molar-refractivity contribution in [2.45, 2.75) is 210 Å². The van der Waals surface area contributed by atoms with Gasteiger partial charge < -0.3 is 29.5 Å². The van der Waals surface area contributed by atoms with Crippen LogP contribution in [-0.4, -0.2) is 77.1 Å². The van der Waals surface area contributed by atoms with E-state index in [1.165, 1.54) is 33.4 Å². The molecule has 9 aliphatic rings. The van der Waals surface area contributed by atoms with Crippen molar-refractivity contribution in [3.05, 3.63) is 159 Å². The Kier molecular flexibility index (Phi) is 14.7. The van der Waals surface area contributed by atoms with Crippen molar-refractivity contribution >= 4 is 0 Å². The van der Waals surface area contributed by atoms with Gasteiger partial charge in [-0.15, -0.1) is 34.6 Å². The van der Waals surface area contributed by atoms with E-state index in [2.05, 4.69) is 142 Å². The molecule has 7 aromatic rings. The first-order valence-corrected chi connectivity index (χ1v) is 34.6. The molecule has 3 aromatic heterocycles. The molecule has 0 radical (unpaired) electrons. The maximum Gasteiger partial charge on any atom is 0.134 e. The van der Waals surface area contributed by atoms with Crippen molar-refractivity contribution in [3.8, 4) is 54.3 Å². The third kappa shape index (κ3) is 10.0. The molecule has 0 unspecified atom stereocenters. The lowest BCUT2D eigenvalue weighted by Gasteiger charge is -2.52. The maximum atomic E-state index is 11.4. The molecule has 15 atom stereocenters. The van der Waals surface area contributed by atoms with E-state index in [0.717, 1.165) is 147 Å². The fourth-order valence-electron chi connectivity index (χ4n) is 21.3. The standard InChI is InChI=1S/C78H87N9O6/c1-7-76(88)31-25-70-67-16-10-52-37-58(13-19-61(52)64(67)22-28-73(70,76)4)91-46-55-43-85(82-79-55)40-49-34-50(41-86-44-56(80-83-86)47-92-59-14-20-62-53(38-59)11-17-68-65(62)23-29-74(5)71(68)26-32-77(74,89)8-2)36-51(35-49)42-87-45-57(81-84-87)48-93-60-15-21-63-54(39-60)12-18-69-66(63)24-30-75(6)72(69)27-33-78(75,90)9-3/h1-3,13-15,19-21,34-39,43-45,64-72,88-90H,10-12,16-18,22-33,40-42,46-48H2,4-6H3/t64-,65-,66-,67-,68-,69-,70+,71+,72+,73+,74+,75+,76+,77+,78+/m1/s1. The second kappa shape index (κ2) is 22.7. The van der Waals surface area contributed by atoms with E-state index in [1.54, 1.807) is 0 Å². The highest BCUT2D eigenvalue weighted by Crippen LogP contribution is 2.67. The van der Waals surface area contributed by atoms with Crippen LogP contribution in [-0.2, 0) is 58.7 Å². The van der Waals surface area contributed by atoms with Crippen molar-refractivity contribution < 1.29 is 29.5 Å². The molecule has 6 saturated carbocycles. The summed E-state index contributed by atoms with van der Waals surface area (Å²) in [6.07, 6.45) is 41.1. The monoisotopic (exact) mass is 1250 g/mol. The predicted octanol–water partition coefficient (Wildman–Crippen LogP) is 12.0. The molecule has 15 heteroatoms. The summed E-state index contributed by atoms with van der Waals surface area (Å²) in [6.45, 7) is 9.04. The quantitative estimate of drug-likeness (QED) is 0.0828. The van der Waals surface area contributed by atoms with Crippen molar-refractivity contribution in [2.24, 2.45) is 51.8 Å². The molecule has 0 spiro atoms. The second-order valence-electron chi connectivity index (χ2n) is 30.6. The van der Waals surface area contributed by atoms with E-state index in [9.17, 15) is 15.3 Å². The Balaban J connectivity index is 0.585. The number of terminal acetylenes is 3. The predicted molar refractivity (Wildman–Crippen MR) is 351 cm³/mol. The average molecular weight is 1250 g/mol. The van der Waals surface area contributed by atoms with Gasteiger partial charge in [-0.2, -0.15) is 0 Å². The highest BCUT2D eigenvalue weighted by Gasteiger charge is 2.64. The highest BCUT2D eigenvalue weighted by atomic mass is 16.5. The highest BCUT2D eigenvalue weighted by molar-refractivity contribution is 5.45. The minimum Gasteiger partial charge on any atom is -0.487 e. The van der Waals surface area contributed by atoms with Gasteiger partial charge in [0, 0.05) is 16.2 Å². The lowest BCUT2D eigenvalue weighted by Crippen LogP contribution is -2.50. The minimum absolute atomic E-state index is 0.219. The fraction of sp³-hybridized carbons (Fsp3) is 0.538. The molecule has 93 heavy (non-hydrogen) atoms. The summed E-state index contributed by atoms with van der Waals surface area (Å²) in [5, 5.41) is 61.8. The largest absolute Gasteiger partial charge is 0.487 e. The molecule has 0 bridgehead atoms. The molecule has 4 aromatic carbocycles. The first-order valence-electron chi connectivity index (χ1n) is 34.6. The van der Waals surface area contributed by atoms with E-state index in [4.69, 9.17) is 33.5 Å². The van der Waals surface area contributed by atoms with Gasteiger partial charge in [0.25, 0.3) is 0 Å². The normalized spacial score (nSPS) is 34.2. The van der Waals surface area contributed by atoms with Gasteiger partial charge in [-0.05, 0) is 255 Å². The molecule has 6 fully saturated rings.